The Kier molecular flexibility index (Phi) is 18.0. The number of aliphatic hydroxyl groups is 1. The van der Waals surface area contributed by atoms with Crippen LogP contribution >= 0.6 is 0 Å². The third-order valence-electron chi connectivity index (χ3n) is 2.48. The molecule has 0 spiro atoms. The van der Waals surface area contributed by atoms with Gasteiger partial charge in [-0.05, 0) is 13.3 Å². The second-order valence-electron chi connectivity index (χ2n) is 4.11. The Morgan fingerprint density at radius 1 is 0.867 bits per heavy atom. The van der Waals surface area contributed by atoms with Gasteiger partial charge in [0.25, 0.3) is 0 Å². The molecular weight excluding hydrogens is 184 g/mol. The van der Waals surface area contributed by atoms with E-state index in [9.17, 15) is 0 Å². The number of hydrogen-bond acceptors (Lipinski definition) is 1. The summed E-state index contributed by atoms with van der Waals surface area (Å²) >= 11 is 0. The molecule has 1 nitrogen and oxygen atoms in total. The second-order valence-corrected chi connectivity index (χ2v) is 4.11. The van der Waals surface area contributed by atoms with Crippen LogP contribution in [-0.4, -0.2) is 11.2 Å². The zero-order valence-corrected chi connectivity index (χ0v) is 10.5. The van der Waals surface area contributed by atoms with Crippen molar-refractivity contribution in [3.8, 4) is 12.8 Å². The van der Waals surface area contributed by atoms with Crippen LogP contribution in [0.5, 0.6) is 0 Å². The molecule has 0 radical (unpaired) electrons. The van der Waals surface area contributed by atoms with Crippen molar-refractivity contribution in [2.45, 2.75) is 77.7 Å². The summed E-state index contributed by atoms with van der Waals surface area (Å²) in [4.78, 5) is 0. The summed E-state index contributed by atoms with van der Waals surface area (Å²) in [5, 5.41) is 9.03. The first kappa shape index (κ1) is 16.9. The average Bonchev–Trinajstić information content (AvgIpc) is 2.24. The summed E-state index contributed by atoms with van der Waals surface area (Å²) in [5.74, 6) is 0. The van der Waals surface area contributed by atoms with Crippen molar-refractivity contribution in [1.82, 2.24) is 0 Å². The highest BCUT2D eigenvalue weighted by molar-refractivity contribution is 4.49. The largest absolute Gasteiger partial charge is 0.393 e. The predicted molar refractivity (Wildman–Crippen MR) is 68.8 cm³/mol. The molecule has 0 fully saturated rings. The summed E-state index contributed by atoms with van der Waals surface area (Å²) < 4.78 is 0. The molecule has 0 amide bonds. The highest BCUT2D eigenvalue weighted by Gasteiger charge is 1.95. The molecule has 1 N–H and O–H groups in total. The van der Waals surface area contributed by atoms with E-state index in [0.717, 1.165) is 6.42 Å². The Labute approximate surface area is 96.3 Å². The van der Waals surface area contributed by atoms with E-state index >= 15 is 0 Å². The van der Waals surface area contributed by atoms with Gasteiger partial charge in [-0.25, -0.2) is 0 Å². The van der Waals surface area contributed by atoms with Crippen LogP contribution in [0.25, 0.3) is 0 Å². The lowest BCUT2D eigenvalue weighted by Crippen LogP contribution is -1.98. The molecule has 0 heterocycles. The molecule has 1 atom stereocenters. The molecule has 0 aromatic rings. The molecular formula is C14H28O. The molecule has 15 heavy (non-hydrogen) atoms. The van der Waals surface area contributed by atoms with Crippen LogP contribution in [0.15, 0.2) is 0 Å². The minimum absolute atomic E-state index is 0.0971. The quantitative estimate of drug-likeness (QED) is 0.450. The van der Waals surface area contributed by atoms with Gasteiger partial charge in [0.2, 0.25) is 0 Å². The normalized spacial score (nSPS) is 11.5. The van der Waals surface area contributed by atoms with Crippen LogP contribution in [0.1, 0.15) is 71.6 Å². The van der Waals surface area contributed by atoms with Gasteiger partial charge in [-0.1, -0.05) is 58.3 Å². The van der Waals surface area contributed by atoms with Crippen LogP contribution in [0.4, 0.5) is 0 Å². The first-order valence-electron chi connectivity index (χ1n) is 6.28. The summed E-state index contributed by atoms with van der Waals surface area (Å²) in [7, 11) is 0. The van der Waals surface area contributed by atoms with Gasteiger partial charge in [0.1, 0.15) is 0 Å². The Hall–Kier alpha value is -0.480. The Bertz CT molecular complexity index is 116. The van der Waals surface area contributed by atoms with Crippen molar-refractivity contribution >= 4 is 0 Å². The molecule has 0 aliphatic rings. The smallest absolute Gasteiger partial charge is 0.0512 e. The Balaban J connectivity index is 0. The topological polar surface area (TPSA) is 20.2 Å². The molecule has 0 rings (SSSR count). The molecule has 0 saturated carbocycles. The number of terminal acetylenes is 1. The fourth-order valence-corrected chi connectivity index (χ4v) is 1.57. The van der Waals surface area contributed by atoms with Crippen LogP contribution in [0.2, 0.25) is 0 Å². The number of unbranched alkanes of at least 4 members (excludes halogenated alkanes) is 7. The van der Waals surface area contributed by atoms with Gasteiger partial charge in [0.15, 0.2) is 0 Å². The van der Waals surface area contributed by atoms with E-state index in [1.807, 2.05) is 6.92 Å². The average molecular weight is 212 g/mol. The van der Waals surface area contributed by atoms with Crippen LogP contribution in [-0.2, 0) is 0 Å². The fraction of sp³-hybridized carbons (Fsp3) is 0.857. The van der Waals surface area contributed by atoms with Crippen LogP contribution in [0, 0.1) is 12.8 Å². The zero-order chi connectivity index (χ0) is 11.9. The summed E-state index contributed by atoms with van der Waals surface area (Å²) in [6.45, 7) is 4.13. The van der Waals surface area contributed by atoms with Crippen LogP contribution in [0.3, 0.4) is 0 Å². The molecule has 90 valence electrons. The van der Waals surface area contributed by atoms with Gasteiger partial charge in [-0.2, -0.15) is 0 Å². The summed E-state index contributed by atoms with van der Waals surface area (Å²) in [5.41, 5.74) is 0. The molecule has 1 unspecified atom stereocenters. The first-order chi connectivity index (χ1) is 7.27. The van der Waals surface area contributed by atoms with Crippen LogP contribution < -0.4 is 0 Å². The predicted octanol–water partition coefficient (Wildman–Crippen LogP) is 4.15. The number of hydrogen-bond donors (Lipinski definition) is 1. The first-order valence-corrected chi connectivity index (χ1v) is 6.28. The molecule has 0 bridgehead atoms. The van der Waals surface area contributed by atoms with Gasteiger partial charge in [-0.3, -0.25) is 0 Å². The minimum Gasteiger partial charge on any atom is -0.393 e. The molecule has 0 aromatic heterocycles. The van der Waals surface area contributed by atoms with Gasteiger partial charge in [0, 0.05) is 0 Å². The molecule has 0 saturated heterocycles. The van der Waals surface area contributed by atoms with Crippen molar-refractivity contribution in [3.05, 3.63) is 0 Å². The lowest BCUT2D eigenvalue weighted by molar-refractivity contribution is 0.180. The maximum atomic E-state index is 9.03. The standard InChI is InChI=1S/C12H26O.C2H2/c1-3-4-5-6-7-8-9-10-11-12(2)13;1-2/h12-13H,3-11H2,1-2H3;1-2H. The maximum absolute atomic E-state index is 9.03. The third-order valence-corrected chi connectivity index (χ3v) is 2.48. The van der Waals surface area contributed by atoms with Crippen molar-refractivity contribution in [2.75, 3.05) is 0 Å². The summed E-state index contributed by atoms with van der Waals surface area (Å²) in [6, 6.07) is 0. The van der Waals surface area contributed by atoms with E-state index in [1.165, 1.54) is 51.4 Å². The lowest BCUT2D eigenvalue weighted by atomic mass is 10.1. The lowest BCUT2D eigenvalue weighted by Gasteiger charge is -2.03. The van der Waals surface area contributed by atoms with E-state index in [0.29, 0.717) is 0 Å². The molecule has 0 aromatic carbocycles. The van der Waals surface area contributed by atoms with E-state index in [-0.39, 0.29) is 6.10 Å². The van der Waals surface area contributed by atoms with Gasteiger partial charge >= 0.3 is 0 Å². The van der Waals surface area contributed by atoms with Gasteiger partial charge in [-0.15, -0.1) is 12.8 Å². The molecule has 1 heteroatoms. The summed E-state index contributed by atoms with van der Waals surface area (Å²) in [6.07, 6.45) is 19.7. The fourth-order valence-electron chi connectivity index (χ4n) is 1.57. The highest BCUT2D eigenvalue weighted by Crippen LogP contribution is 2.10. The Morgan fingerprint density at radius 2 is 1.27 bits per heavy atom. The number of rotatable bonds is 9. The monoisotopic (exact) mass is 212 g/mol. The van der Waals surface area contributed by atoms with Gasteiger partial charge in [0.05, 0.1) is 6.10 Å². The van der Waals surface area contributed by atoms with Crippen molar-refractivity contribution in [2.24, 2.45) is 0 Å². The van der Waals surface area contributed by atoms with Gasteiger partial charge < -0.3 is 5.11 Å². The van der Waals surface area contributed by atoms with Crippen molar-refractivity contribution in [3.63, 3.8) is 0 Å². The third kappa shape index (κ3) is 19.8. The van der Waals surface area contributed by atoms with Crippen molar-refractivity contribution in [1.29, 1.82) is 0 Å². The second kappa shape index (κ2) is 16.0. The number of aliphatic hydroxyl groups excluding tert-OH is 1. The SMILES string of the molecule is C#C.CCCCCCCCCCC(C)O. The zero-order valence-electron chi connectivity index (χ0n) is 10.5. The van der Waals surface area contributed by atoms with E-state index in [1.54, 1.807) is 0 Å². The van der Waals surface area contributed by atoms with E-state index in [4.69, 9.17) is 5.11 Å². The highest BCUT2D eigenvalue weighted by atomic mass is 16.3. The Morgan fingerprint density at radius 3 is 1.67 bits per heavy atom. The van der Waals surface area contributed by atoms with E-state index < -0.39 is 0 Å². The minimum atomic E-state index is -0.0971. The molecule has 0 aliphatic heterocycles. The maximum Gasteiger partial charge on any atom is 0.0512 e. The van der Waals surface area contributed by atoms with E-state index in [2.05, 4.69) is 19.8 Å². The van der Waals surface area contributed by atoms with Crippen molar-refractivity contribution < 1.29 is 5.11 Å². The molecule has 0 aliphatic carbocycles.